The summed E-state index contributed by atoms with van der Waals surface area (Å²) < 4.78 is 2.73. The van der Waals surface area contributed by atoms with Gasteiger partial charge in [-0.1, -0.05) is 37.1 Å². The number of hydrogen-bond donors (Lipinski definition) is 0. The summed E-state index contributed by atoms with van der Waals surface area (Å²) in [5, 5.41) is 0.440. The number of unbranched alkanes of at least 4 members (excludes halogenated alkanes) is 1. The third kappa shape index (κ3) is 2.79. The molecular weight excluding hydrogens is 264 g/mol. The maximum absolute atomic E-state index is 12.1. The zero-order valence-corrected chi connectivity index (χ0v) is 11.4. The van der Waals surface area contributed by atoms with Crippen molar-refractivity contribution in [2.24, 2.45) is 0 Å². The second-order valence-corrected chi connectivity index (χ2v) is 4.68. The molecule has 0 saturated carbocycles. The summed E-state index contributed by atoms with van der Waals surface area (Å²) >= 11 is 6.04. The van der Waals surface area contributed by atoms with E-state index in [-0.39, 0.29) is 0 Å². The predicted octanol–water partition coefficient (Wildman–Crippen LogP) is 2.45. The van der Waals surface area contributed by atoms with Crippen LogP contribution in [0.2, 0.25) is 5.02 Å². The number of para-hydroxylation sites is 1. The SMILES string of the molecule is CCCCn1ccn(-c2ccccc2Cl)c(=O)c1=O. The van der Waals surface area contributed by atoms with Gasteiger partial charge in [-0.2, -0.15) is 0 Å². The molecule has 0 radical (unpaired) electrons. The van der Waals surface area contributed by atoms with E-state index in [9.17, 15) is 9.59 Å². The van der Waals surface area contributed by atoms with Crippen molar-refractivity contribution in [3.63, 3.8) is 0 Å². The van der Waals surface area contributed by atoms with Crippen molar-refractivity contribution in [3.05, 3.63) is 62.4 Å². The van der Waals surface area contributed by atoms with Crippen LogP contribution in [-0.2, 0) is 6.54 Å². The van der Waals surface area contributed by atoms with Crippen molar-refractivity contribution < 1.29 is 0 Å². The number of aromatic nitrogens is 2. The quantitative estimate of drug-likeness (QED) is 0.807. The van der Waals surface area contributed by atoms with Crippen molar-refractivity contribution >= 4 is 11.6 Å². The van der Waals surface area contributed by atoms with Crippen LogP contribution in [0.15, 0.2) is 46.2 Å². The first kappa shape index (κ1) is 13.6. The number of nitrogens with zero attached hydrogens (tertiary/aromatic N) is 2. The molecule has 0 atom stereocenters. The summed E-state index contributed by atoms with van der Waals surface area (Å²) in [6.45, 7) is 2.60. The molecule has 2 rings (SSSR count). The van der Waals surface area contributed by atoms with Crippen LogP contribution in [0.4, 0.5) is 0 Å². The fourth-order valence-corrected chi connectivity index (χ4v) is 2.08. The van der Waals surface area contributed by atoms with Crippen molar-refractivity contribution in [2.75, 3.05) is 0 Å². The molecule has 0 unspecified atom stereocenters. The van der Waals surface area contributed by atoms with Gasteiger partial charge in [0.25, 0.3) is 0 Å². The van der Waals surface area contributed by atoms with Gasteiger partial charge in [-0.05, 0) is 18.6 Å². The van der Waals surface area contributed by atoms with Gasteiger partial charge < -0.3 is 4.57 Å². The van der Waals surface area contributed by atoms with Gasteiger partial charge in [-0.15, -0.1) is 0 Å². The number of halogens is 1. The molecule has 1 aromatic heterocycles. The van der Waals surface area contributed by atoms with Crippen LogP contribution < -0.4 is 11.1 Å². The zero-order valence-electron chi connectivity index (χ0n) is 10.7. The Morgan fingerprint density at radius 3 is 2.53 bits per heavy atom. The highest BCUT2D eigenvalue weighted by Crippen LogP contribution is 2.17. The summed E-state index contributed by atoms with van der Waals surface area (Å²) in [4.78, 5) is 24.0. The number of benzene rings is 1. The van der Waals surface area contributed by atoms with E-state index in [2.05, 4.69) is 0 Å². The van der Waals surface area contributed by atoms with Crippen LogP contribution in [0.3, 0.4) is 0 Å². The Labute approximate surface area is 115 Å². The van der Waals surface area contributed by atoms with E-state index in [1.54, 1.807) is 36.7 Å². The van der Waals surface area contributed by atoms with Gasteiger partial charge in [0.15, 0.2) is 0 Å². The fraction of sp³-hybridized carbons (Fsp3) is 0.286. The first-order valence-corrected chi connectivity index (χ1v) is 6.60. The molecule has 4 nitrogen and oxygen atoms in total. The molecule has 1 heterocycles. The summed E-state index contributed by atoms with van der Waals surface area (Å²) in [7, 11) is 0. The molecule has 19 heavy (non-hydrogen) atoms. The lowest BCUT2D eigenvalue weighted by molar-refractivity contribution is 0.599. The predicted molar refractivity (Wildman–Crippen MR) is 76.2 cm³/mol. The molecule has 0 aliphatic heterocycles. The lowest BCUT2D eigenvalue weighted by Crippen LogP contribution is -2.40. The lowest BCUT2D eigenvalue weighted by Gasteiger charge is -2.09. The molecule has 0 spiro atoms. The van der Waals surface area contributed by atoms with Crippen LogP contribution in [0.5, 0.6) is 0 Å². The molecule has 0 saturated heterocycles. The standard InChI is InChI=1S/C14H15ClN2O2/c1-2-3-8-16-9-10-17(14(19)13(16)18)12-7-5-4-6-11(12)15/h4-7,9-10H,2-3,8H2,1H3. The van der Waals surface area contributed by atoms with E-state index in [4.69, 9.17) is 11.6 Å². The number of hydrogen-bond acceptors (Lipinski definition) is 2. The average Bonchev–Trinajstić information content (AvgIpc) is 2.42. The summed E-state index contributed by atoms with van der Waals surface area (Å²) in [6, 6.07) is 6.95. The van der Waals surface area contributed by atoms with E-state index >= 15 is 0 Å². The minimum Gasteiger partial charge on any atom is -0.309 e. The Balaban J connectivity index is 2.51. The topological polar surface area (TPSA) is 44.0 Å². The summed E-state index contributed by atoms with van der Waals surface area (Å²) in [6.07, 6.45) is 5.05. The number of aryl methyl sites for hydroxylation is 1. The van der Waals surface area contributed by atoms with E-state index in [1.807, 2.05) is 6.92 Å². The second-order valence-electron chi connectivity index (χ2n) is 4.28. The van der Waals surface area contributed by atoms with E-state index in [0.717, 1.165) is 12.8 Å². The fourth-order valence-electron chi connectivity index (χ4n) is 1.85. The molecule has 1 aromatic carbocycles. The Morgan fingerprint density at radius 1 is 1.11 bits per heavy atom. The van der Waals surface area contributed by atoms with Gasteiger partial charge in [0.05, 0.1) is 10.7 Å². The highest BCUT2D eigenvalue weighted by molar-refractivity contribution is 6.32. The molecule has 100 valence electrons. The third-order valence-corrected chi connectivity index (χ3v) is 3.24. The van der Waals surface area contributed by atoms with Crippen molar-refractivity contribution in [1.29, 1.82) is 0 Å². The van der Waals surface area contributed by atoms with Gasteiger partial charge in [-0.3, -0.25) is 14.2 Å². The molecule has 0 aliphatic rings. The van der Waals surface area contributed by atoms with Crippen LogP contribution in [0.1, 0.15) is 19.8 Å². The normalized spacial score (nSPS) is 10.6. The van der Waals surface area contributed by atoms with Gasteiger partial charge >= 0.3 is 11.1 Å². The molecule has 0 bridgehead atoms. The van der Waals surface area contributed by atoms with Gasteiger partial charge in [-0.25, -0.2) is 0 Å². The van der Waals surface area contributed by atoms with Gasteiger partial charge in [0.2, 0.25) is 0 Å². The largest absolute Gasteiger partial charge is 0.321 e. The van der Waals surface area contributed by atoms with Gasteiger partial charge in [0.1, 0.15) is 0 Å². The Morgan fingerprint density at radius 2 is 1.84 bits per heavy atom. The van der Waals surface area contributed by atoms with Crippen LogP contribution >= 0.6 is 11.6 Å². The molecule has 0 fully saturated rings. The molecule has 5 heteroatoms. The van der Waals surface area contributed by atoms with Gasteiger partial charge in [0, 0.05) is 18.9 Å². The first-order valence-electron chi connectivity index (χ1n) is 6.22. The molecule has 0 N–H and O–H groups in total. The Kier molecular flexibility index (Phi) is 4.22. The second kappa shape index (κ2) is 5.89. The third-order valence-electron chi connectivity index (χ3n) is 2.92. The average molecular weight is 279 g/mol. The van der Waals surface area contributed by atoms with E-state index in [1.165, 1.54) is 9.13 Å². The molecule has 0 amide bonds. The minimum absolute atomic E-state index is 0.440. The smallest absolute Gasteiger partial charge is 0.309 e. The lowest BCUT2D eigenvalue weighted by atomic mass is 10.3. The highest BCUT2D eigenvalue weighted by Gasteiger charge is 2.08. The van der Waals surface area contributed by atoms with E-state index < -0.39 is 11.1 Å². The first-order chi connectivity index (χ1) is 9.15. The Hall–Kier alpha value is -1.81. The van der Waals surface area contributed by atoms with Crippen LogP contribution in [0.25, 0.3) is 5.69 Å². The summed E-state index contributed by atoms with van der Waals surface area (Å²) in [5.41, 5.74) is -0.573. The minimum atomic E-state index is -0.577. The van der Waals surface area contributed by atoms with Crippen molar-refractivity contribution in [3.8, 4) is 5.69 Å². The monoisotopic (exact) mass is 278 g/mol. The van der Waals surface area contributed by atoms with Crippen molar-refractivity contribution in [1.82, 2.24) is 9.13 Å². The molecule has 2 aromatic rings. The van der Waals surface area contributed by atoms with Crippen LogP contribution in [0, 0.1) is 0 Å². The summed E-state index contributed by atoms with van der Waals surface area (Å²) in [5.74, 6) is 0. The van der Waals surface area contributed by atoms with E-state index in [0.29, 0.717) is 17.3 Å². The maximum Gasteiger partial charge on any atom is 0.321 e. The van der Waals surface area contributed by atoms with Crippen LogP contribution in [-0.4, -0.2) is 9.13 Å². The number of rotatable bonds is 4. The van der Waals surface area contributed by atoms with Crippen molar-refractivity contribution in [2.45, 2.75) is 26.3 Å². The molecule has 0 aliphatic carbocycles. The maximum atomic E-state index is 12.1. The Bertz CT molecular complexity index is 688. The zero-order chi connectivity index (χ0) is 13.8. The molecular formula is C14H15ClN2O2. The highest BCUT2D eigenvalue weighted by atomic mass is 35.5.